The van der Waals surface area contributed by atoms with E-state index in [0.29, 0.717) is 12.0 Å². The molecule has 1 fully saturated rings. The highest BCUT2D eigenvalue weighted by molar-refractivity contribution is 5.94. The van der Waals surface area contributed by atoms with Crippen molar-refractivity contribution in [1.82, 2.24) is 4.90 Å². The van der Waals surface area contributed by atoms with E-state index in [2.05, 4.69) is 0 Å². The summed E-state index contributed by atoms with van der Waals surface area (Å²) in [5.41, 5.74) is 0.760. The molecule has 2 aromatic rings. The van der Waals surface area contributed by atoms with Gasteiger partial charge >= 0.3 is 12.3 Å². The fourth-order valence-electron chi connectivity index (χ4n) is 3.29. The standard InChI is InChI=1S/C22H22F3NO3/c1-21(2,3)29-20(28)26-18(12-13-19(26)27)16-6-4-14(5-7-16)15-8-10-17(11-9-15)22(23,24)25/h4-11,18H,12-13H2,1-3H3. The fourth-order valence-corrected chi connectivity index (χ4v) is 3.29. The molecule has 29 heavy (non-hydrogen) atoms. The Labute approximate surface area is 167 Å². The maximum absolute atomic E-state index is 12.7. The van der Waals surface area contributed by atoms with Gasteiger partial charge < -0.3 is 4.74 Å². The molecule has 1 saturated heterocycles. The van der Waals surface area contributed by atoms with Crippen LogP contribution < -0.4 is 0 Å². The highest BCUT2D eigenvalue weighted by Crippen LogP contribution is 2.35. The molecule has 0 aliphatic carbocycles. The minimum absolute atomic E-state index is 0.255. The fraction of sp³-hybridized carbons (Fsp3) is 0.364. The number of likely N-dealkylation sites (tertiary alicyclic amines) is 1. The Morgan fingerprint density at radius 2 is 1.48 bits per heavy atom. The summed E-state index contributed by atoms with van der Waals surface area (Å²) in [4.78, 5) is 25.8. The summed E-state index contributed by atoms with van der Waals surface area (Å²) in [5.74, 6) is -0.281. The Morgan fingerprint density at radius 3 is 1.97 bits per heavy atom. The molecule has 0 spiro atoms. The van der Waals surface area contributed by atoms with E-state index >= 15 is 0 Å². The number of ether oxygens (including phenoxy) is 1. The number of rotatable bonds is 2. The maximum Gasteiger partial charge on any atom is 0.417 e. The molecule has 2 aromatic carbocycles. The second-order valence-corrected chi connectivity index (χ2v) is 8.00. The van der Waals surface area contributed by atoms with Crippen LogP contribution in [0, 0.1) is 0 Å². The molecule has 1 aliphatic rings. The molecule has 0 bridgehead atoms. The number of halogens is 3. The molecular weight excluding hydrogens is 383 g/mol. The summed E-state index contributed by atoms with van der Waals surface area (Å²) in [6.45, 7) is 5.21. The average molecular weight is 405 g/mol. The molecule has 0 radical (unpaired) electrons. The number of carbonyl (C=O) groups is 2. The summed E-state index contributed by atoms with van der Waals surface area (Å²) in [7, 11) is 0. The van der Waals surface area contributed by atoms with Crippen molar-refractivity contribution in [3.63, 3.8) is 0 Å². The van der Waals surface area contributed by atoms with E-state index in [1.54, 1.807) is 45.0 Å². The van der Waals surface area contributed by atoms with Crippen LogP contribution >= 0.6 is 0 Å². The molecule has 2 amide bonds. The van der Waals surface area contributed by atoms with E-state index < -0.39 is 29.5 Å². The van der Waals surface area contributed by atoms with Crippen LogP contribution in [0.2, 0.25) is 0 Å². The highest BCUT2D eigenvalue weighted by Gasteiger charge is 2.39. The lowest BCUT2D eigenvalue weighted by molar-refractivity contribution is -0.137. The van der Waals surface area contributed by atoms with Gasteiger partial charge in [0.05, 0.1) is 11.6 Å². The van der Waals surface area contributed by atoms with Gasteiger partial charge in [-0.05, 0) is 56.0 Å². The van der Waals surface area contributed by atoms with Gasteiger partial charge in [0.1, 0.15) is 5.60 Å². The molecule has 7 heteroatoms. The van der Waals surface area contributed by atoms with Gasteiger partial charge in [-0.1, -0.05) is 36.4 Å². The van der Waals surface area contributed by atoms with E-state index in [0.717, 1.165) is 28.2 Å². The van der Waals surface area contributed by atoms with Gasteiger partial charge in [-0.15, -0.1) is 0 Å². The van der Waals surface area contributed by atoms with Gasteiger partial charge in [0.15, 0.2) is 0 Å². The number of benzene rings is 2. The second-order valence-electron chi connectivity index (χ2n) is 8.00. The third-order valence-electron chi connectivity index (χ3n) is 4.64. The Morgan fingerprint density at radius 1 is 0.966 bits per heavy atom. The number of hydrogen-bond acceptors (Lipinski definition) is 3. The average Bonchev–Trinajstić information content (AvgIpc) is 3.01. The lowest BCUT2D eigenvalue weighted by Crippen LogP contribution is -2.38. The lowest BCUT2D eigenvalue weighted by Gasteiger charge is -2.27. The predicted molar refractivity (Wildman–Crippen MR) is 102 cm³/mol. The normalized spacial score (nSPS) is 17.5. The third-order valence-corrected chi connectivity index (χ3v) is 4.64. The first kappa shape index (κ1) is 20.9. The Hall–Kier alpha value is -2.83. The first-order valence-corrected chi connectivity index (χ1v) is 9.28. The smallest absolute Gasteiger partial charge is 0.417 e. The number of nitrogens with zero attached hydrogens (tertiary/aromatic N) is 1. The van der Waals surface area contributed by atoms with Gasteiger partial charge in [-0.25, -0.2) is 9.69 Å². The summed E-state index contributed by atoms with van der Waals surface area (Å²) in [6, 6.07) is 11.6. The van der Waals surface area contributed by atoms with E-state index in [-0.39, 0.29) is 12.3 Å². The molecule has 0 saturated carbocycles. The van der Waals surface area contributed by atoms with Gasteiger partial charge in [0.2, 0.25) is 5.91 Å². The minimum Gasteiger partial charge on any atom is -0.443 e. The largest absolute Gasteiger partial charge is 0.443 e. The van der Waals surface area contributed by atoms with Crippen LogP contribution in [0.1, 0.15) is 50.8 Å². The molecule has 4 nitrogen and oxygen atoms in total. The van der Waals surface area contributed by atoms with Crippen molar-refractivity contribution in [2.24, 2.45) is 0 Å². The van der Waals surface area contributed by atoms with Crippen LogP contribution in [0.5, 0.6) is 0 Å². The van der Waals surface area contributed by atoms with Crippen molar-refractivity contribution in [3.05, 3.63) is 59.7 Å². The first-order chi connectivity index (χ1) is 13.5. The van der Waals surface area contributed by atoms with E-state index in [1.807, 2.05) is 0 Å². The number of alkyl halides is 3. The molecule has 1 unspecified atom stereocenters. The summed E-state index contributed by atoms with van der Waals surface area (Å²) in [6.07, 6.45) is -4.29. The Kier molecular flexibility index (Phi) is 5.43. The van der Waals surface area contributed by atoms with E-state index in [9.17, 15) is 22.8 Å². The van der Waals surface area contributed by atoms with Gasteiger partial charge in [-0.3, -0.25) is 4.79 Å². The van der Waals surface area contributed by atoms with Gasteiger partial charge in [0, 0.05) is 6.42 Å². The predicted octanol–water partition coefficient (Wildman–Crippen LogP) is 5.97. The number of carbonyl (C=O) groups excluding carboxylic acids is 2. The van der Waals surface area contributed by atoms with Crippen molar-refractivity contribution in [2.45, 2.75) is 51.4 Å². The topological polar surface area (TPSA) is 46.6 Å². The SMILES string of the molecule is CC(C)(C)OC(=O)N1C(=O)CCC1c1ccc(-c2ccc(C(F)(F)F)cc2)cc1. The van der Waals surface area contributed by atoms with Gasteiger partial charge in [-0.2, -0.15) is 13.2 Å². The van der Waals surface area contributed by atoms with Crippen LogP contribution in [0.3, 0.4) is 0 Å². The molecular formula is C22H22F3NO3. The molecule has 1 atom stereocenters. The molecule has 1 heterocycles. The van der Waals surface area contributed by atoms with Crippen LogP contribution in [0.4, 0.5) is 18.0 Å². The minimum atomic E-state index is -4.37. The van der Waals surface area contributed by atoms with Crippen molar-refractivity contribution in [3.8, 4) is 11.1 Å². The van der Waals surface area contributed by atoms with Gasteiger partial charge in [0.25, 0.3) is 0 Å². The number of amides is 2. The van der Waals surface area contributed by atoms with Crippen LogP contribution in [-0.4, -0.2) is 22.5 Å². The zero-order valence-corrected chi connectivity index (χ0v) is 16.4. The molecule has 3 rings (SSSR count). The van der Waals surface area contributed by atoms with Crippen molar-refractivity contribution >= 4 is 12.0 Å². The highest BCUT2D eigenvalue weighted by atomic mass is 19.4. The summed E-state index contributed by atoms with van der Waals surface area (Å²) in [5, 5.41) is 0. The number of hydrogen-bond donors (Lipinski definition) is 0. The Balaban J connectivity index is 1.80. The monoisotopic (exact) mass is 405 g/mol. The molecule has 154 valence electrons. The first-order valence-electron chi connectivity index (χ1n) is 9.28. The molecule has 0 aromatic heterocycles. The van der Waals surface area contributed by atoms with Crippen molar-refractivity contribution in [1.29, 1.82) is 0 Å². The van der Waals surface area contributed by atoms with E-state index in [4.69, 9.17) is 4.74 Å². The van der Waals surface area contributed by atoms with Crippen molar-refractivity contribution in [2.75, 3.05) is 0 Å². The van der Waals surface area contributed by atoms with Crippen LogP contribution in [0.15, 0.2) is 48.5 Å². The van der Waals surface area contributed by atoms with Crippen LogP contribution in [0.25, 0.3) is 11.1 Å². The van der Waals surface area contributed by atoms with Crippen molar-refractivity contribution < 1.29 is 27.5 Å². The van der Waals surface area contributed by atoms with E-state index in [1.165, 1.54) is 12.1 Å². The zero-order chi connectivity index (χ0) is 21.4. The summed E-state index contributed by atoms with van der Waals surface area (Å²) < 4.78 is 43.5. The quantitative estimate of drug-likeness (QED) is 0.618. The number of imide groups is 1. The Bertz CT molecular complexity index is 897. The summed E-state index contributed by atoms with van der Waals surface area (Å²) >= 11 is 0. The maximum atomic E-state index is 12.7. The molecule has 0 N–H and O–H groups in total. The molecule has 1 aliphatic heterocycles. The third kappa shape index (κ3) is 4.78. The van der Waals surface area contributed by atoms with Crippen LogP contribution in [-0.2, 0) is 15.7 Å². The second kappa shape index (κ2) is 7.54. The lowest BCUT2D eigenvalue weighted by atomic mass is 9.99. The zero-order valence-electron chi connectivity index (χ0n) is 16.4.